The third kappa shape index (κ3) is 1.49. The lowest BCUT2D eigenvalue weighted by molar-refractivity contribution is -0.123. The van der Waals surface area contributed by atoms with Crippen molar-refractivity contribution >= 4 is 11.9 Å². The summed E-state index contributed by atoms with van der Waals surface area (Å²) in [6.07, 6.45) is 0. The Hall–Kier alpha value is -1.26. The number of urea groups is 1. The Bertz CT molecular complexity index is 225. The normalized spacial score (nSPS) is 27.2. The minimum absolute atomic E-state index is 0.252. The molecule has 1 saturated heterocycles. The Kier molecular flexibility index (Phi) is 1.95. The zero-order valence-electron chi connectivity index (χ0n) is 7.18. The number of nitrogens with one attached hydrogen (secondary N) is 2. The molecule has 0 aromatic carbocycles. The van der Waals surface area contributed by atoms with Crippen molar-refractivity contribution in [2.45, 2.75) is 19.4 Å². The van der Waals surface area contributed by atoms with Crippen LogP contribution in [-0.2, 0) is 4.79 Å². The molecular weight excluding hydrogens is 158 g/mol. The minimum atomic E-state index is -0.547. The third-order valence-corrected chi connectivity index (χ3v) is 2.12. The van der Waals surface area contributed by atoms with Crippen molar-refractivity contribution in [1.82, 2.24) is 10.6 Å². The standard InChI is InChI=1S/C7H13N3O2/c1-7(2)4(5(8)11)3-9-6(12)10-7/h4H,3H2,1-2H3,(H2,8,11)(H2,9,10,12). The summed E-state index contributed by atoms with van der Waals surface area (Å²) in [4.78, 5) is 21.8. The smallest absolute Gasteiger partial charge is 0.315 e. The van der Waals surface area contributed by atoms with E-state index in [9.17, 15) is 9.59 Å². The second-order valence-corrected chi connectivity index (χ2v) is 3.51. The predicted molar refractivity (Wildman–Crippen MR) is 43.3 cm³/mol. The summed E-state index contributed by atoms with van der Waals surface area (Å²) in [5.41, 5.74) is 4.61. The van der Waals surface area contributed by atoms with Crippen LogP contribution < -0.4 is 16.4 Å². The molecule has 1 rings (SSSR count). The van der Waals surface area contributed by atoms with Crippen LogP contribution in [0.3, 0.4) is 0 Å². The summed E-state index contributed by atoms with van der Waals surface area (Å²) < 4.78 is 0. The predicted octanol–water partition coefficient (Wildman–Crippen LogP) is -0.821. The highest BCUT2D eigenvalue weighted by Gasteiger charge is 2.38. The molecule has 0 aromatic heterocycles. The van der Waals surface area contributed by atoms with Gasteiger partial charge in [0, 0.05) is 12.1 Å². The molecule has 0 radical (unpaired) electrons. The number of hydrogen-bond acceptors (Lipinski definition) is 2. The van der Waals surface area contributed by atoms with Gasteiger partial charge in [-0.1, -0.05) is 0 Å². The molecule has 1 aliphatic heterocycles. The Morgan fingerprint density at radius 2 is 2.25 bits per heavy atom. The van der Waals surface area contributed by atoms with Crippen LogP contribution in [0.15, 0.2) is 0 Å². The van der Waals surface area contributed by atoms with Gasteiger partial charge in [0.1, 0.15) is 0 Å². The average Bonchev–Trinajstić information content (AvgIpc) is 1.82. The number of hydrogen-bond donors (Lipinski definition) is 3. The number of rotatable bonds is 1. The molecule has 0 saturated carbocycles. The van der Waals surface area contributed by atoms with Gasteiger partial charge in [0.2, 0.25) is 5.91 Å². The first kappa shape index (κ1) is 8.83. The molecule has 68 valence electrons. The molecule has 1 unspecified atom stereocenters. The fourth-order valence-corrected chi connectivity index (χ4v) is 1.33. The molecule has 0 spiro atoms. The van der Waals surface area contributed by atoms with Crippen molar-refractivity contribution in [3.8, 4) is 0 Å². The molecule has 0 bridgehead atoms. The van der Waals surface area contributed by atoms with Gasteiger partial charge < -0.3 is 16.4 Å². The summed E-state index contributed by atoms with van der Waals surface area (Å²) >= 11 is 0. The van der Waals surface area contributed by atoms with Gasteiger partial charge in [-0.25, -0.2) is 4.79 Å². The number of carbonyl (C=O) groups is 2. The highest BCUT2D eigenvalue weighted by atomic mass is 16.2. The van der Waals surface area contributed by atoms with Gasteiger partial charge >= 0.3 is 6.03 Å². The Labute approximate surface area is 70.7 Å². The second kappa shape index (κ2) is 2.66. The minimum Gasteiger partial charge on any atom is -0.369 e. The molecule has 12 heavy (non-hydrogen) atoms. The van der Waals surface area contributed by atoms with Gasteiger partial charge in [-0.2, -0.15) is 0 Å². The third-order valence-electron chi connectivity index (χ3n) is 2.12. The number of primary amides is 1. The van der Waals surface area contributed by atoms with E-state index in [0.29, 0.717) is 6.54 Å². The number of nitrogens with two attached hydrogens (primary N) is 1. The largest absolute Gasteiger partial charge is 0.369 e. The molecule has 1 fully saturated rings. The van der Waals surface area contributed by atoms with Crippen molar-refractivity contribution in [3.05, 3.63) is 0 Å². The van der Waals surface area contributed by atoms with Crippen molar-refractivity contribution < 1.29 is 9.59 Å². The molecule has 4 N–H and O–H groups in total. The zero-order chi connectivity index (χ0) is 9.35. The first-order chi connectivity index (χ1) is 5.43. The molecule has 3 amide bonds. The molecular formula is C7H13N3O2. The summed E-state index contributed by atoms with van der Waals surface area (Å²) in [5.74, 6) is -0.748. The van der Waals surface area contributed by atoms with Gasteiger partial charge in [0.25, 0.3) is 0 Å². The Morgan fingerprint density at radius 3 is 2.67 bits per heavy atom. The van der Waals surface area contributed by atoms with Gasteiger partial charge in [-0.15, -0.1) is 0 Å². The van der Waals surface area contributed by atoms with E-state index in [4.69, 9.17) is 5.73 Å². The first-order valence-electron chi connectivity index (χ1n) is 3.79. The van der Waals surface area contributed by atoms with Crippen LogP contribution in [0, 0.1) is 5.92 Å². The van der Waals surface area contributed by atoms with E-state index in [1.54, 1.807) is 13.8 Å². The van der Waals surface area contributed by atoms with Crippen LogP contribution in [0.4, 0.5) is 4.79 Å². The SMILES string of the molecule is CC1(C)NC(=O)NCC1C(N)=O. The highest BCUT2D eigenvalue weighted by Crippen LogP contribution is 2.18. The van der Waals surface area contributed by atoms with E-state index in [2.05, 4.69) is 10.6 Å². The fourth-order valence-electron chi connectivity index (χ4n) is 1.33. The van der Waals surface area contributed by atoms with E-state index in [1.807, 2.05) is 0 Å². The second-order valence-electron chi connectivity index (χ2n) is 3.51. The van der Waals surface area contributed by atoms with Crippen molar-refractivity contribution in [1.29, 1.82) is 0 Å². The lowest BCUT2D eigenvalue weighted by Crippen LogP contribution is -2.64. The molecule has 1 aliphatic rings. The topological polar surface area (TPSA) is 84.2 Å². The van der Waals surface area contributed by atoms with Gasteiger partial charge in [0.05, 0.1) is 5.92 Å². The van der Waals surface area contributed by atoms with E-state index >= 15 is 0 Å². The van der Waals surface area contributed by atoms with Crippen LogP contribution >= 0.6 is 0 Å². The lowest BCUT2D eigenvalue weighted by atomic mass is 9.85. The van der Waals surface area contributed by atoms with E-state index in [-0.39, 0.29) is 11.9 Å². The van der Waals surface area contributed by atoms with Crippen LogP contribution in [0.2, 0.25) is 0 Å². The van der Waals surface area contributed by atoms with Gasteiger partial charge in [-0.05, 0) is 13.8 Å². The Balaban J connectivity index is 2.77. The lowest BCUT2D eigenvalue weighted by Gasteiger charge is -2.37. The van der Waals surface area contributed by atoms with E-state index in [0.717, 1.165) is 0 Å². The van der Waals surface area contributed by atoms with Crippen molar-refractivity contribution in [3.63, 3.8) is 0 Å². The van der Waals surface area contributed by atoms with E-state index in [1.165, 1.54) is 0 Å². The first-order valence-corrected chi connectivity index (χ1v) is 3.79. The molecule has 5 nitrogen and oxygen atoms in total. The van der Waals surface area contributed by atoms with E-state index < -0.39 is 11.4 Å². The van der Waals surface area contributed by atoms with Crippen molar-refractivity contribution in [2.75, 3.05) is 6.54 Å². The summed E-state index contributed by atoms with van der Waals surface area (Å²) in [7, 11) is 0. The summed E-state index contributed by atoms with van der Waals surface area (Å²) in [6, 6.07) is -0.252. The molecule has 1 atom stereocenters. The monoisotopic (exact) mass is 171 g/mol. The maximum absolute atomic E-state index is 10.9. The molecule has 5 heteroatoms. The number of carbonyl (C=O) groups excluding carboxylic acids is 2. The number of amides is 3. The highest BCUT2D eigenvalue weighted by molar-refractivity contribution is 5.83. The summed E-state index contributed by atoms with van der Waals surface area (Å²) in [6.45, 7) is 3.87. The maximum atomic E-state index is 10.9. The maximum Gasteiger partial charge on any atom is 0.315 e. The molecule has 0 aliphatic carbocycles. The quantitative estimate of drug-likeness (QED) is 0.481. The van der Waals surface area contributed by atoms with Gasteiger partial charge in [-0.3, -0.25) is 4.79 Å². The van der Waals surface area contributed by atoms with Crippen LogP contribution in [-0.4, -0.2) is 24.0 Å². The van der Waals surface area contributed by atoms with Crippen molar-refractivity contribution in [2.24, 2.45) is 11.7 Å². The van der Waals surface area contributed by atoms with Crippen LogP contribution in [0.5, 0.6) is 0 Å². The Morgan fingerprint density at radius 1 is 1.67 bits per heavy atom. The van der Waals surface area contributed by atoms with Gasteiger partial charge in [0.15, 0.2) is 0 Å². The fraction of sp³-hybridized carbons (Fsp3) is 0.714. The van der Waals surface area contributed by atoms with Crippen LogP contribution in [0.1, 0.15) is 13.8 Å². The molecule has 0 aromatic rings. The zero-order valence-corrected chi connectivity index (χ0v) is 7.18. The van der Waals surface area contributed by atoms with Crippen LogP contribution in [0.25, 0.3) is 0 Å². The average molecular weight is 171 g/mol. The molecule has 1 heterocycles. The summed E-state index contributed by atoms with van der Waals surface area (Å²) in [5, 5.41) is 5.15.